The smallest absolute Gasteiger partial charge is 0.368 e. The Morgan fingerprint density at radius 3 is 2.27 bits per heavy atom. The molecule has 0 bridgehead atoms. The number of hydrogen-bond donors (Lipinski definition) is 1. The SMILES string of the molecule is CN1CCN(c2ccc(Cc3nccc(-c4cnn5ncccc45)n3)cc2C(F)(F)F)CC1.Cc1ncc(-c2ccnc(Nc3ccc(S(C)(=O)=O)cc3)n2)n1C(C)C. The first kappa shape index (κ1) is 40.9. The highest BCUT2D eigenvalue weighted by molar-refractivity contribution is 7.90. The lowest BCUT2D eigenvalue weighted by Crippen LogP contribution is -2.45. The van der Waals surface area contributed by atoms with E-state index in [1.165, 1.54) is 17.0 Å². The minimum atomic E-state index is -4.44. The second kappa shape index (κ2) is 16.9. The van der Waals surface area contributed by atoms with E-state index in [1.54, 1.807) is 67.3 Å². The van der Waals surface area contributed by atoms with Crippen LogP contribution in [0.3, 0.4) is 0 Å². The lowest BCUT2D eigenvalue weighted by atomic mass is 10.0. The molecule has 0 spiro atoms. The van der Waals surface area contributed by atoms with Crippen LogP contribution in [0.25, 0.3) is 28.2 Å². The number of halogens is 3. The highest BCUT2D eigenvalue weighted by Gasteiger charge is 2.35. The first-order chi connectivity index (χ1) is 28.1. The molecule has 0 aliphatic carbocycles. The number of imidazole rings is 1. The van der Waals surface area contributed by atoms with E-state index >= 15 is 0 Å². The normalized spacial score (nSPS) is 13.7. The minimum absolute atomic E-state index is 0.192. The summed E-state index contributed by atoms with van der Waals surface area (Å²) < 4.78 is 68.4. The van der Waals surface area contributed by atoms with Gasteiger partial charge >= 0.3 is 6.18 Å². The maximum Gasteiger partial charge on any atom is 0.418 e. The topological polar surface area (TPSA) is 152 Å². The molecule has 0 amide bonds. The van der Waals surface area contributed by atoms with Crippen molar-refractivity contribution in [2.24, 2.45) is 0 Å². The minimum Gasteiger partial charge on any atom is -0.368 e. The van der Waals surface area contributed by atoms with E-state index in [0.717, 1.165) is 41.4 Å². The zero-order valence-electron chi connectivity index (χ0n) is 33.1. The maximum atomic E-state index is 13.9. The fourth-order valence-corrected chi connectivity index (χ4v) is 7.49. The fourth-order valence-electron chi connectivity index (χ4n) is 6.86. The summed E-state index contributed by atoms with van der Waals surface area (Å²) in [6.45, 7) is 8.77. The molecule has 18 heteroatoms. The number of benzene rings is 2. The van der Waals surface area contributed by atoms with Gasteiger partial charge in [-0.15, -0.1) is 0 Å². The second-order valence-electron chi connectivity index (χ2n) is 14.5. The van der Waals surface area contributed by atoms with Gasteiger partial charge in [-0.25, -0.2) is 33.3 Å². The lowest BCUT2D eigenvalue weighted by Gasteiger charge is -2.35. The zero-order valence-corrected chi connectivity index (χ0v) is 33.9. The van der Waals surface area contributed by atoms with Gasteiger partial charge in [-0.1, -0.05) is 6.07 Å². The summed E-state index contributed by atoms with van der Waals surface area (Å²) in [6.07, 6.45) is 5.34. The molecule has 306 valence electrons. The van der Waals surface area contributed by atoms with Gasteiger partial charge in [-0.2, -0.15) is 28.0 Å². The van der Waals surface area contributed by atoms with Crippen LogP contribution in [-0.4, -0.2) is 97.1 Å². The third-order valence-electron chi connectivity index (χ3n) is 9.81. The van der Waals surface area contributed by atoms with Crippen molar-refractivity contribution in [3.8, 4) is 22.6 Å². The number of fused-ring (bicyclic) bond motifs is 1. The quantitative estimate of drug-likeness (QED) is 0.161. The van der Waals surface area contributed by atoms with Gasteiger partial charge in [0.2, 0.25) is 5.95 Å². The van der Waals surface area contributed by atoms with E-state index in [2.05, 4.69) is 63.7 Å². The number of likely N-dealkylation sites (N-methyl/N-ethyl adjacent to an activating group) is 1. The van der Waals surface area contributed by atoms with Crippen LogP contribution in [0.15, 0.2) is 103 Å². The van der Waals surface area contributed by atoms with E-state index < -0.39 is 21.6 Å². The Morgan fingerprint density at radius 1 is 0.831 bits per heavy atom. The molecular formula is C41H43F3N12O2S. The number of piperazine rings is 1. The van der Waals surface area contributed by atoms with E-state index in [9.17, 15) is 21.6 Å². The summed E-state index contributed by atoms with van der Waals surface area (Å²) in [6, 6.07) is 18.6. The Hall–Kier alpha value is -6.27. The molecule has 1 aliphatic rings. The molecule has 0 unspecified atom stereocenters. The standard InChI is InChI=1S/C23H22F3N7.C18H21N5O2S/c1-31-9-11-32(12-10-31)21-5-4-16(13-18(21)23(24,25)26)14-22-27-8-6-19(30-22)17-15-29-33-20(17)3-2-7-28-33;1-12(2)23-13(3)20-11-17(23)16-9-10-19-18(22-16)21-14-5-7-15(8-6-14)26(4,24)25/h2-8,13,15H,9-12,14H2,1H3;5-12H,1-4H3,(H,19,21,22). The summed E-state index contributed by atoms with van der Waals surface area (Å²) in [7, 11) is -1.24. The third-order valence-corrected chi connectivity index (χ3v) is 10.9. The lowest BCUT2D eigenvalue weighted by molar-refractivity contribution is -0.137. The molecule has 1 N–H and O–H groups in total. The van der Waals surface area contributed by atoms with Crippen LogP contribution < -0.4 is 10.2 Å². The Labute approximate surface area is 339 Å². The van der Waals surface area contributed by atoms with Gasteiger partial charge in [-0.3, -0.25) is 0 Å². The summed E-state index contributed by atoms with van der Waals surface area (Å²) in [5, 5.41) is 11.5. The highest BCUT2D eigenvalue weighted by atomic mass is 32.2. The predicted octanol–water partition coefficient (Wildman–Crippen LogP) is 6.92. The molecule has 59 heavy (non-hydrogen) atoms. The van der Waals surface area contributed by atoms with Gasteiger partial charge in [0, 0.05) is 80.4 Å². The molecule has 2 aromatic carbocycles. The summed E-state index contributed by atoms with van der Waals surface area (Å²) in [5.41, 5.74) is 4.75. The number of sulfone groups is 1. The number of nitrogens with one attached hydrogen (secondary N) is 1. The molecular weight excluding hydrogens is 782 g/mol. The maximum absolute atomic E-state index is 13.9. The zero-order chi connectivity index (χ0) is 41.9. The largest absolute Gasteiger partial charge is 0.418 e. The number of aryl methyl sites for hydroxylation is 1. The number of hydrogen-bond acceptors (Lipinski definition) is 12. The van der Waals surface area contributed by atoms with Crippen molar-refractivity contribution in [1.82, 2.24) is 49.2 Å². The van der Waals surface area contributed by atoms with Crippen molar-refractivity contribution in [2.45, 2.75) is 44.3 Å². The number of alkyl halides is 3. The molecule has 0 atom stereocenters. The van der Waals surface area contributed by atoms with Crippen LogP contribution in [-0.2, 0) is 22.4 Å². The van der Waals surface area contributed by atoms with E-state index in [4.69, 9.17) is 0 Å². The van der Waals surface area contributed by atoms with E-state index in [-0.39, 0.29) is 23.0 Å². The van der Waals surface area contributed by atoms with Crippen molar-refractivity contribution < 1.29 is 21.6 Å². The summed E-state index contributed by atoms with van der Waals surface area (Å²) in [4.78, 5) is 26.3. The van der Waals surface area contributed by atoms with Gasteiger partial charge in [0.15, 0.2) is 9.84 Å². The van der Waals surface area contributed by atoms with Gasteiger partial charge in [0.05, 0.1) is 45.5 Å². The fraction of sp³-hybridized carbons (Fsp3) is 0.293. The molecule has 8 rings (SSSR count). The summed E-state index contributed by atoms with van der Waals surface area (Å²) >= 11 is 0. The molecule has 14 nitrogen and oxygen atoms in total. The van der Waals surface area contributed by atoms with Gasteiger partial charge < -0.3 is 19.7 Å². The van der Waals surface area contributed by atoms with Crippen LogP contribution >= 0.6 is 0 Å². The second-order valence-corrected chi connectivity index (χ2v) is 16.5. The van der Waals surface area contributed by atoms with Crippen LogP contribution in [0.2, 0.25) is 0 Å². The van der Waals surface area contributed by atoms with Crippen molar-refractivity contribution in [3.05, 3.63) is 120 Å². The molecule has 1 fully saturated rings. The average molecular weight is 825 g/mol. The predicted molar refractivity (Wildman–Crippen MR) is 219 cm³/mol. The van der Waals surface area contributed by atoms with Crippen molar-refractivity contribution in [1.29, 1.82) is 0 Å². The van der Waals surface area contributed by atoms with E-state index in [1.807, 2.05) is 43.3 Å². The molecule has 1 saturated heterocycles. The monoisotopic (exact) mass is 824 g/mol. The number of nitrogens with zero attached hydrogens (tertiary/aromatic N) is 11. The number of anilines is 3. The van der Waals surface area contributed by atoms with E-state index in [0.29, 0.717) is 41.8 Å². The Bertz CT molecular complexity index is 2670. The molecule has 0 saturated carbocycles. The first-order valence-electron chi connectivity index (χ1n) is 18.8. The number of rotatable bonds is 9. The number of aromatic nitrogens is 9. The average Bonchev–Trinajstić information content (AvgIpc) is 3.82. The van der Waals surface area contributed by atoms with Crippen molar-refractivity contribution >= 4 is 32.7 Å². The Morgan fingerprint density at radius 2 is 1.56 bits per heavy atom. The van der Waals surface area contributed by atoms with Gasteiger partial charge in [-0.05, 0) is 94.0 Å². The van der Waals surface area contributed by atoms with Gasteiger partial charge in [0.25, 0.3) is 0 Å². The van der Waals surface area contributed by atoms with Crippen LogP contribution in [0.5, 0.6) is 0 Å². The Kier molecular flexibility index (Phi) is 11.7. The Balaban J connectivity index is 0.000000185. The highest BCUT2D eigenvalue weighted by Crippen LogP contribution is 2.38. The molecule has 7 aromatic rings. The summed E-state index contributed by atoms with van der Waals surface area (Å²) in [5.74, 6) is 1.81. The van der Waals surface area contributed by atoms with Crippen LogP contribution in [0.4, 0.5) is 30.5 Å². The first-order valence-corrected chi connectivity index (χ1v) is 20.7. The van der Waals surface area contributed by atoms with Crippen molar-refractivity contribution in [2.75, 3.05) is 49.7 Å². The van der Waals surface area contributed by atoms with Crippen LogP contribution in [0.1, 0.15) is 42.7 Å². The van der Waals surface area contributed by atoms with Crippen molar-refractivity contribution in [3.63, 3.8) is 0 Å². The molecule has 0 radical (unpaired) electrons. The third kappa shape index (κ3) is 9.55. The van der Waals surface area contributed by atoms with Crippen LogP contribution in [0, 0.1) is 6.92 Å². The molecule has 5 aromatic heterocycles. The van der Waals surface area contributed by atoms with Gasteiger partial charge in [0.1, 0.15) is 11.6 Å². The molecule has 6 heterocycles. The molecule has 1 aliphatic heterocycles.